The number of carbonyl (C=O) groups excluding carboxylic acids is 1. The minimum atomic E-state index is 0.291. The molecule has 5 heteroatoms. The van der Waals surface area contributed by atoms with Crippen molar-refractivity contribution in [3.05, 3.63) is 29.8 Å². The van der Waals surface area contributed by atoms with Gasteiger partial charge in [0.1, 0.15) is 5.75 Å². The lowest BCUT2D eigenvalue weighted by Gasteiger charge is -2.36. The van der Waals surface area contributed by atoms with Gasteiger partial charge in [0.05, 0.1) is 7.11 Å². The van der Waals surface area contributed by atoms with Crippen LogP contribution in [0.3, 0.4) is 0 Å². The molecule has 0 aromatic heterocycles. The van der Waals surface area contributed by atoms with E-state index in [1.54, 1.807) is 7.11 Å². The maximum Gasteiger partial charge on any atom is 0.223 e. The van der Waals surface area contributed by atoms with Crippen molar-refractivity contribution >= 4 is 5.91 Å². The lowest BCUT2D eigenvalue weighted by Crippen LogP contribution is -2.48. The SMILES string of the molecule is COc1ccccc1CN(C(=O)CC[C@@H](C)N1CCN(C)CC1)C1CC1. The summed E-state index contributed by atoms with van der Waals surface area (Å²) in [4.78, 5) is 19.9. The number of hydrogen-bond acceptors (Lipinski definition) is 4. The fourth-order valence-electron chi connectivity index (χ4n) is 3.75. The van der Waals surface area contributed by atoms with E-state index in [0.29, 0.717) is 31.0 Å². The molecule has 0 spiro atoms. The number of ether oxygens (including phenoxy) is 1. The van der Waals surface area contributed by atoms with Gasteiger partial charge in [-0.2, -0.15) is 0 Å². The van der Waals surface area contributed by atoms with Crippen molar-refractivity contribution < 1.29 is 9.53 Å². The molecule has 2 fully saturated rings. The maximum absolute atomic E-state index is 12.9. The Morgan fingerprint density at radius 1 is 1.23 bits per heavy atom. The van der Waals surface area contributed by atoms with Gasteiger partial charge < -0.3 is 14.5 Å². The van der Waals surface area contributed by atoms with Crippen LogP contribution in [0.5, 0.6) is 5.75 Å². The second kappa shape index (κ2) is 8.87. The molecule has 5 nitrogen and oxygen atoms in total. The van der Waals surface area contributed by atoms with E-state index in [-0.39, 0.29) is 0 Å². The van der Waals surface area contributed by atoms with E-state index in [2.05, 4.69) is 34.7 Å². The summed E-state index contributed by atoms with van der Waals surface area (Å²) in [6.07, 6.45) is 3.85. The molecule has 1 heterocycles. The molecule has 0 unspecified atom stereocenters. The molecule has 26 heavy (non-hydrogen) atoms. The highest BCUT2D eigenvalue weighted by atomic mass is 16.5. The minimum Gasteiger partial charge on any atom is -0.496 e. The van der Waals surface area contributed by atoms with E-state index in [9.17, 15) is 4.79 Å². The summed E-state index contributed by atoms with van der Waals surface area (Å²) >= 11 is 0. The number of para-hydroxylation sites is 1. The minimum absolute atomic E-state index is 0.291. The molecule has 144 valence electrons. The van der Waals surface area contributed by atoms with Crippen LogP contribution in [-0.4, -0.2) is 73.0 Å². The van der Waals surface area contributed by atoms with Crippen molar-refractivity contribution in [1.29, 1.82) is 0 Å². The predicted octanol–water partition coefficient (Wildman–Crippen LogP) is 2.60. The van der Waals surface area contributed by atoms with Crippen molar-refractivity contribution in [2.45, 2.75) is 51.2 Å². The second-order valence-electron chi connectivity index (χ2n) is 7.79. The predicted molar refractivity (Wildman–Crippen MR) is 104 cm³/mol. The first-order valence-corrected chi connectivity index (χ1v) is 9.92. The molecular formula is C21H33N3O2. The van der Waals surface area contributed by atoms with Crippen LogP contribution in [0.4, 0.5) is 0 Å². The first-order valence-electron chi connectivity index (χ1n) is 9.92. The summed E-state index contributed by atoms with van der Waals surface area (Å²) in [5.41, 5.74) is 1.10. The Morgan fingerprint density at radius 2 is 1.92 bits per heavy atom. The number of rotatable bonds is 8. The third kappa shape index (κ3) is 4.98. The van der Waals surface area contributed by atoms with E-state index in [4.69, 9.17) is 4.74 Å². The van der Waals surface area contributed by atoms with Gasteiger partial charge in [0.2, 0.25) is 5.91 Å². The van der Waals surface area contributed by atoms with Gasteiger partial charge >= 0.3 is 0 Å². The Bertz CT molecular complexity index is 595. The Hall–Kier alpha value is -1.59. The molecule has 1 atom stereocenters. The Kier molecular flexibility index (Phi) is 6.54. The van der Waals surface area contributed by atoms with E-state index in [1.165, 1.54) is 0 Å². The van der Waals surface area contributed by atoms with Crippen molar-refractivity contribution in [2.24, 2.45) is 0 Å². The van der Waals surface area contributed by atoms with Crippen molar-refractivity contribution in [1.82, 2.24) is 14.7 Å². The second-order valence-corrected chi connectivity index (χ2v) is 7.79. The highest BCUT2D eigenvalue weighted by Crippen LogP contribution is 2.31. The zero-order chi connectivity index (χ0) is 18.5. The number of hydrogen-bond donors (Lipinski definition) is 0. The fraction of sp³-hybridized carbons (Fsp3) is 0.667. The van der Waals surface area contributed by atoms with Crippen LogP contribution < -0.4 is 4.74 Å². The molecule has 1 amide bonds. The van der Waals surface area contributed by atoms with Crippen molar-refractivity contribution in [3.63, 3.8) is 0 Å². The number of methoxy groups -OCH3 is 1. The van der Waals surface area contributed by atoms with Gasteiger partial charge in [-0.05, 0) is 39.3 Å². The topological polar surface area (TPSA) is 36.0 Å². The van der Waals surface area contributed by atoms with Gasteiger partial charge in [0.25, 0.3) is 0 Å². The van der Waals surface area contributed by atoms with Crippen LogP contribution >= 0.6 is 0 Å². The standard InChI is InChI=1S/C21H33N3O2/c1-17(23-14-12-22(2)13-15-23)8-11-21(25)24(19-9-10-19)16-18-6-4-5-7-20(18)26-3/h4-7,17,19H,8-16H2,1-3H3/t17-/m1/s1. The van der Waals surface area contributed by atoms with Gasteiger partial charge in [-0.15, -0.1) is 0 Å². The van der Waals surface area contributed by atoms with Crippen LogP contribution in [-0.2, 0) is 11.3 Å². The molecule has 1 aliphatic heterocycles. The molecule has 0 radical (unpaired) electrons. The number of likely N-dealkylation sites (N-methyl/N-ethyl adjacent to an activating group) is 1. The number of piperazine rings is 1. The average Bonchev–Trinajstić information content (AvgIpc) is 3.49. The Morgan fingerprint density at radius 3 is 2.58 bits per heavy atom. The summed E-state index contributed by atoms with van der Waals surface area (Å²) in [5.74, 6) is 1.16. The average molecular weight is 360 g/mol. The Balaban J connectivity index is 1.54. The Labute approximate surface area is 157 Å². The number of nitrogens with zero attached hydrogens (tertiary/aromatic N) is 3. The molecule has 1 saturated heterocycles. The zero-order valence-corrected chi connectivity index (χ0v) is 16.5. The number of amides is 1. The van der Waals surface area contributed by atoms with E-state index in [0.717, 1.165) is 56.8 Å². The smallest absolute Gasteiger partial charge is 0.223 e. The van der Waals surface area contributed by atoms with Gasteiger partial charge in [-0.3, -0.25) is 9.69 Å². The van der Waals surface area contributed by atoms with E-state index in [1.807, 2.05) is 18.2 Å². The maximum atomic E-state index is 12.9. The van der Waals surface area contributed by atoms with Crippen LogP contribution in [0.15, 0.2) is 24.3 Å². The molecule has 3 rings (SSSR count). The third-order valence-electron chi connectivity index (χ3n) is 5.78. The molecule has 2 aliphatic rings. The summed E-state index contributed by atoms with van der Waals surface area (Å²) in [6.45, 7) is 7.40. The van der Waals surface area contributed by atoms with Crippen LogP contribution in [0.25, 0.3) is 0 Å². The zero-order valence-electron chi connectivity index (χ0n) is 16.5. The summed E-state index contributed by atoms with van der Waals surface area (Å²) in [6, 6.07) is 8.92. The van der Waals surface area contributed by atoms with E-state index < -0.39 is 0 Å². The summed E-state index contributed by atoms with van der Waals surface area (Å²) < 4.78 is 5.46. The summed E-state index contributed by atoms with van der Waals surface area (Å²) in [5, 5.41) is 0. The third-order valence-corrected chi connectivity index (χ3v) is 5.78. The lowest BCUT2D eigenvalue weighted by atomic mass is 10.1. The van der Waals surface area contributed by atoms with Gasteiger partial charge in [-0.1, -0.05) is 18.2 Å². The number of benzene rings is 1. The normalized spacial score (nSPS) is 20.0. The van der Waals surface area contributed by atoms with E-state index >= 15 is 0 Å². The summed E-state index contributed by atoms with van der Waals surface area (Å²) in [7, 11) is 3.87. The molecule has 1 aromatic rings. The van der Waals surface area contributed by atoms with Gasteiger partial charge in [-0.25, -0.2) is 0 Å². The lowest BCUT2D eigenvalue weighted by molar-refractivity contribution is -0.132. The monoisotopic (exact) mass is 359 g/mol. The first kappa shape index (κ1) is 19.2. The fourth-order valence-corrected chi connectivity index (χ4v) is 3.75. The van der Waals surface area contributed by atoms with Crippen LogP contribution in [0, 0.1) is 0 Å². The molecule has 0 bridgehead atoms. The van der Waals surface area contributed by atoms with Crippen molar-refractivity contribution in [3.8, 4) is 5.75 Å². The molecule has 1 saturated carbocycles. The molecule has 1 aliphatic carbocycles. The van der Waals surface area contributed by atoms with Gasteiger partial charge in [0.15, 0.2) is 0 Å². The van der Waals surface area contributed by atoms with Crippen LogP contribution in [0.1, 0.15) is 38.2 Å². The van der Waals surface area contributed by atoms with Crippen LogP contribution in [0.2, 0.25) is 0 Å². The van der Waals surface area contributed by atoms with Gasteiger partial charge in [0, 0.05) is 56.8 Å². The number of carbonyl (C=O) groups is 1. The largest absolute Gasteiger partial charge is 0.496 e. The highest BCUT2D eigenvalue weighted by molar-refractivity contribution is 5.77. The molecule has 1 aromatic carbocycles. The molecule has 0 N–H and O–H groups in total. The van der Waals surface area contributed by atoms with Crippen molar-refractivity contribution in [2.75, 3.05) is 40.3 Å². The quantitative estimate of drug-likeness (QED) is 0.715. The highest BCUT2D eigenvalue weighted by Gasteiger charge is 2.33. The molecular weight excluding hydrogens is 326 g/mol. The first-order chi connectivity index (χ1) is 12.6.